The van der Waals surface area contributed by atoms with Crippen LogP contribution < -0.4 is 15.0 Å². The van der Waals surface area contributed by atoms with Crippen molar-refractivity contribution in [2.24, 2.45) is 0 Å². The van der Waals surface area contributed by atoms with Gasteiger partial charge in [-0.25, -0.2) is 8.42 Å². The Morgan fingerprint density at radius 2 is 1.90 bits per heavy atom. The highest BCUT2D eigenvalue weighted by Gasteiger charge is 2.29. The van der Waals surface area contributed by atoms with Gasteiger partial charge in [0.25, 0.3) is 5.91 Å². The van der Waals surface area contributed by atoms with Crippen LogP contribution in [0.5, 0.6) is 11.5 Å². The molecule has 3 N–H and O–H groups in total. The quantitative estimate of drug-likeness (QED) is 0.542. The van der Waals surface area contributed by atoms with Crippen LogP contribution >= 0.6 is 0 Å². The van der Waals surface area contributed by atoms with Crippen molar-refractivity contribution >= 4 is 16.0 Å². The largest absolute Gasteiger partial charge is 0.748 e. The van der Waals surface area contributed by atoms with Crippen molar-refractivity contribution in [1.29, 1.82) is 0 Å². The van der Waals surface area contributed by atoms with Gasteiger partial charge in [0, 0.05) is 19.1 Å². The molecule has 8 nitrogen and oxygen atoms in total. The number of phenols is 1. The Hall–Kier alpha value is -1.84. The van der Waals surface area contributed by atoms with E-state index in [4.69, 9.17) is 17.7 Å². The molecule has 0 saturated carbocycles. The molecule has 1 amide bonds. The summed E-state index contributed by atoms with van der Waals surface area (Å²) < 4.78 is 32.7. The number of carbonyl (C=O) groups excluding carboxylic acids is 1. The van der Waals surface area contributed by atoms with E-state index in [1.807, 2.05) is 19.9 Å². The van der Waals surface area contributed by atoms with Crippen molar-refractivity contribution in [2.75, 3.05) is 33.0 Å². The summed E-state index contributed by atoms with van der Waals surface area (Å²) in [4.78, 5) is 14.3. The number of phenolic OH excluding ortho intramolecular Hbond substituents is 1. The molecule has 0 radical (unpaired) electrons. The number of hydrogen-bond acceptors (Lipinski definition) is 6. The first-order chi connectivity index (χ1) is 13.6. The maximum Gasteiger partial charge on any atom is 0.259 e. The van der Waals surface area contributed by atoms with Crippen LogP contribution in [-0.2, 0) is 23.0 Å². The minimum atomic E-state index is -3.92. The normalized spacial score (nSPS) is 18.7. The highest BCUT2D eigenvalue weighted by Crippen LogP contribution is 2.35. The lowest BCUT2D eigenvalue weighted by Crippen LogP contribution is -3.14. The van der Waals surface area contributed by atoms with Crippen LogP contribution in [0.4, 0.5) is 0 Å². The predicted octanol–water partition coefficient (Wildman–Crippen LogP) is 0.484. The fraction of sp³-hybridized carbons (Fsp3) is 0.650. The first kappa shape index (κ1) is 25.2. The lowest BCUT2D eigenvalue weighted by Gasteiger charge is -2.21. The zero-order valence-corrected chi connectivity index (χ0v) is 18.8. The molecule has 1 heterocycles. The Labute approximate surface area is 174 Å². The van der Waals surface area contributed by atoms with Crippen LogP contribution in [0, 0.1) is 0 Å². The Kier molecular flexibility index (Phi) is 9.88. The maximum atomic E-state index is 12.8. The number of amides is 1. The first-order valence-corrected chi connectivity index (χ1v) is 11.8. The number of benzene rings is 1. The smallest absolute Gasteiger partial charge is 0.259 e. The van der Waals surface area contributed by atoms with Gasteiger partial charge in [0.15, 0.2) is 0 Å². The van der Waals surface area contributed by atoms with Crippen LogP contribution in [0.15, 0.2) is 6.07 Å². The van der Waals surface area contributed by atoms with Gasteiger partial charge in [0.2, 0.25) is 0 Å². The Morgan fingerprint density at radius 3 is 2.38 bits per heavy atom. The summed E-state index contributed by atoms with van der Waals surface area (Å²) in [5.41, 5.74) is 2.03. The molecule has 2 rings (SSSR count). The molecule has 1 fully saturated rings. The third-order valence-electron chi connectivity index (χ3n) is 5.19. The fourth-order valence-corrected chi connectivity index (χ4v) is 3.75. The third kappa shape index (κ3) is 7.49. The standard InChI is InChI=1S/C19H30N2O3.CH4O3S/c1-5-13-11-14(6-2)18(24-4)16(17(13)22)19(23)20-12-15-9-8-10-21(15)7-3;1-5(2,3)4/h11,15,22H,5-10,12H2,1-4H3,(H,20,23);1H3,(H,2,3,4)/t15-;/m0./s1. The van der Waals surface area contributed by atoms with Crippen molar-refractivity contribution in [1.82, 2.24) is 5.32 Å². The van der Waals surface area contributed by atoms with E-state index < -0.39 is 10.1 Å². The summed E-state index contributed by atoms with van der Waals surface area (Å²) in [7, 11) is -2.36. The minimum Gasteiger partial charge on any atom is -0.748 e. The van der Waals surface area contributed by atoms with E-state index in [1.54, 1.807) is 12.0 Å². The van der Waals surface area contributed by atoms with Crippen LogP contribution in [0.2, 0.25) is 0 Å². The van der Waals surface area contributed by atoms with Crippen molar-refractivity contribution in [3.63, 3.8) is 0 Å². The fourth-order valence-electron chi connectivity index (χ4n) is 3.75. The van der Waals surface area contributed by atoms with E-state index in [0.717, 1.165) is 30.5 Å². The molecule has 0 bridgehead atoms. The zero-order valence-electron chi connectivity index (χ0n) is 18.0. The van der Waals surface area contributed by atoms with Gasteiger partial charge in [-0.1, -0.05) is 13.8 Å². The van der Waals surface area contributed by atoms with Crippen LogP contribution in [0.3, 0.4) is 0 Å². The van der Waals surface area contributed by atoms with E-state index in [0.29, 0.717) is 31.0 Å². The third-order valence-corrected chi connectivity index (χ3v) is 5.19. The van der Waals surface area contributed by atoms with Crippen molar-refractivity contribution in [2.45, 2.75) is 52.5 Å². The predicted molar refractivity (Wildman–Crippen MR) is 111 cm³/mol. The van der Waals surface area contributed by atoms with Gasteiger partial charge in [-0.3, -0.25) is 4.79 Å². The molecule has 9 heteroatoms. The minimum absolute atomic E-state index is 0.0511. The molecule has 0 spiro atoms. The monoisotopic (exact) mass is 430 g/mol. The van der Waals surface area contributed by atoms with Crippen LogP contribution in [0.25, 0.3) is 0 Å². The molecular weight excluding hydrogens is 396 g/mol. The van der Waals surface area contributed by atoms with E-state index in [-0.39, 0.29) is 17.2 Å². The first-order valence-electron chi connectivity index (χ1n) is 10.0. The number of hydrogen-bond donors (Lipinski definition) is 3. The van der Waals surface area contributed by atoms with Gasteiger partial charge in [-0.15, -0.1) is 0 Å². The molecule has 2 atom stereocenters. The molecule has 1 aliphatic heterocycles. The Morgan fingerprint density at radius 1 is 1.31 bits per heavy atom. The van der Waals surface area contributed by atoms with Gasteiger partial charge in [0.1, 0.15) is 23.1 Å². The molecule has 0 aromatic heterocycles. The number of quaternary nitrogens is 1. The number of aromatic hydroxyl groups is 1. The molecule has 1 unspecified atom stereocenters. The highest BCUT2D eigenvalue weighted by atomic mass is 32.2. The van der Waals surface area contributed by atoms with E-state index in [9.17, 15) is 9.90 Å². The highest BCUT2D eigenvalue weighted by molar-refractivity contribution is 7.84. The molecule has 1 aliphatic rings. The van der Waals surface area contributed by atoms with Gasteiger partial charge in [-0.2, -0.15) is 0 Å². The number of rotatable bonds is 7. The average molecular weight is 431 g/mol. The number of nitrogens with one attached hydrogen (secondary N) is 2. The van der Waals surface area contributed by atoms with Crippen LogP contribution in [0.1, 0.15) is 55.1 Å². The molecule has 1 aromatic rings. The van der Waals surface area contributed by atoms with Gasteiger partial charge in [0.05, 0.1) is 36.9 Å². The number of ether oxygens (including phenoxy) is 1. The average Bonchev–Trinajstić information content (AvgIpc) is 3.11. The summed E-state index contributed by atoms with van der Waals surface area (Å²) in [6.45, 7) is 9.09. The van der Waals surface area contributed by atoms with Crippen molar-refractivity contribution in [3.8, 4) is 11.5 Å². The second-order valence-corrected chi connectivity index (χ2v) is 8.58. The molecule has 1 saturated heterocycles. The van der Waals surface area contributed by atoms with E-state index in [1.165, 1.54) is 13.0 Å². The van der Waals surface area contributed by atoms with Gasteiger partial charge >= 0.3 is 0 Å². The Balaban J connectivity index is 0.000000749. The second-order valence-electron chi connectivity index (χ2n) is 7.17. The van der Waals surface area contributed by atoms with E-state index in [2.05, 4.69) is 12.2 Å². The number of likely N-dealkylation sites (N-methyl/N-ethyl adjacent to an activating group) is 1. The summed E-state index contributed by atoms with van der Waals surface area (Å²) in [5.74, 6) is 0.308. The zero-order chi connectivity index (χ0) is 22.2. The SMILES string of the molecule is CCc1cc(CC)c(OC)c(C(=O)NC[C@@H]2CCC[NH+]2CC)c1O.CS(=O)(=O)[O-]. The number of carbonyl (C=O) groups is 1. The summed E-state index contributed by atoms with van der Waals surface area (Å²) in [6, 6.07) is 2.40. The van der Waals surface area contributed by atoms with Crippen molar-refractivity contribution < 1.29 is 32.5 Å². The number of likely N-dealkylation sites (tertiary alicyclic amines) is 1. The topological polar surface area (TPSA) is 120 Å². The molecule has 1 aromatic carbocycles. The second kappa shape index (κ2) is 11.4. The Bertz CT molecular complexity index is 787. The molecule has 0 aliphatic carbocycles. The summed E-state index contributed by atoms with van der Waals surface area (Å²) >= 11 is 0. The van der Waals surface area contributed by atoms with Gasteiger partial charge < -0.3 is 24.6 Å². The molecule has 166 valence electrons. The summed E-state index contributed by atoms with van der Waals surface area (Å²) in [6.07, 6.45) is 4.39. The number of methoxy groups -OCH3 is 1. The molecular formula is C20H34N2O6S. The number of aryl methyl sites for hydroxylation is 2. The molecule has 29 heavy (non-hydrogen) atoms. The maximum absolute atomic E-state index is 12.8. The van der Waals surface area contributed by atoms with Crippen molar-refractivity contribution in [3.05, 3.63) is 22.8 Å². The van der Waals surface area contributed by atoms with Gasteiger partial charge in [-0.05, 0) is 37.0 Å². The summed E-state index contributed by atoms with van der Waals surface area (Å²) in [5, 5.41) is 13.6. The van der Waals surface area contributed by atoms with E-state index >= 15 is 0 Å². The van der Waals surface area contributed by atoms with Crippen LogP contribution in [-0.4, -0.2) is 63.0 Å². The lowest BCUT2D eigenvalue weighted by molar-refractivity contribution is -0.909. The lowest BCUT2D eigenvalue weighted by atomic mass is 9.98.